The summed E-state index contributed by atoms with van der Waals surface area (Å²) >= 11 is 0. The van der Waals surface area contributed by atoms with Crippen LogP contribution < -0.4 is 14.2 Å². The predicted octanol–water partition coefficient (Wildman–Crippen LogP) is 4.80. The van der Waals surface area contributed by atoms with Crippen molar-refractivity contribution in [2.24, 2.45) is 0 Å². The SMILES string of the molecule is COc1ccc(CN2COc3ccc4c(c3C2)O/C(=C\c2cccc(F)c2)C4=O)cc1. The van der Waals surface area contributed by atoms with E-state index >= 15 is 0 Å². The molecule has 5 rings (SSSR count). The lowest BCUT2D eigenvalue weighted by atomic mass is 10.0. The second kappa shape index (κ2) is 7.89. The highest BCUT2D eigenvalue weighted by Crippen LogP contribution is 2.42. The third kappa shape index (κ3) is 3.78. The number of Topliss-reactive ketones (excluding diaryl/α,β-unsaturated/α-hetero) is 1. The van der Waals surface area contributed by atoms with E-state index in [0.717, 1.165) is 16.9 Å². The van der Waals surface area contributed by atoms with Gasteiger partial charge in [0.25, 0.3) is 0 Å². The highest BCUT2D eigenvalue weighted by Gasteiger charge is 2.33. The Morgan fingerprint density at radius 2 is 1.97 bits per heavy atom. The van der Waals surface area contributed by atoms with Crippen LogP contribution in [0.4, 0.5) is 4.39 Å². The molecule has 0 fully saturated rings. The topological polar surface area (TPSA) is 48.0 Å². The fraction of sp³-hybridized carbons (Fsp3) is 0.160. The zero-order chi connectivity index (χ0) is 21.4. The Morgan fingerprint density at radius 3 is 2.74 bits per heavy atom. The number of carbonyl (C=O) groups excluding carboxylic acids is 1. The number of methoxy groups -OCH3 is 1. The summed E-state index contributed by atoms with van der Waals surface area (Å²) in [4.78, 5) is 15.0. The van der Waals surface area contributed by atoms with Crippen LogP contribution in [0.1, 0.15) is 27.0 Å². The number of hydrogen-bond acceptors (Lipinski definition) is 5. The van der Waals surface area contributed by atoms with Crippen LogP contribution in [-0.4, -0.2) is 24.5 Å². The van der Waals surface area contributed by atoms with Crippen molar-refractivity contribution >= 4 is 11.9 Å². The van der Waals surface area contributed by atoms with E-state index in [1.807, 2.05) is 30.3 Å². The predicted molar refractivity (Wildman–Crippen MR) is 114 cm³/mol. The van der Waals surface area contributed by atoms with Crippen molar-refractivity contribution in [2.75, 3.05) is 13.8 Å². The molecule has 0 bridgehead atoms. The maximum absolute atomic E-state index is 13.5. The normalized spacial score (nSPS) is 16.5. The van der Waals surface area contributed by atoms with Gasteiger partial charge in [0.05, 0.1) is 18.2 Å². The second-order valence-electron chi connectivity index (χ2n) is 7.52. The van der Waals surface area contributed by atoms with Crippen LogP contribution >= 0.6 is 0 Å². The molecule has 0 radical (unpaired) electrons. The van der Waals surface area contributed by atoms with Crippen molar-refractivity contribution in [3.63, 3.8) is 0 Å². The lowest BCUT2D eigenvalue weighted by Crippen LogP contribution is -2.31. The first-order chi connectivity index (χ1) is 15.1. The number of carbonyl (C=O) groups is 1. The zero-order valence-electron chi connectivity index (χ0n) is 16.9. The van der Waals surface area contributed by atoms with Crippen molar-refractivity contribution < 1.29 is 23.4 Å². The van der Waals surface area contributed by atoms with Crippen molar-refractivity contribution in [3.8, 4) is 17.2 Å². The van der Waals surface area contributed by atoms with Gasteiger partial charge in [-0.2, -0.15) is 0 Å². The van der Waals surface area contributed by atoms with Crippen molar-refractivity contribution in [1.29, 1.82) is 0 Å². The number of fused-ring (bicyclic) bond motifs is 3. The summed E-state index contributed by atoms with van der Waals surface area (Å²) in [6, 6.07) is 17.5. The molecule has 0 N–H and O–H groups in total. The Balaban J connectivity index is 1.40. The van der Waals surface area contributed by atoms with Crippen LogP contribution in [-0.2, 0) is 13.1 Å². The molecule has 6 heteroatoms. The number of allylic oxidation sites excluding steroid dienone is 1. The molecule has 31 heavy (non-hydrogen) atoms. The Bertz CT molecular complexity index is 1190. The molecule has 0 aromatic heterocycles. The van der Waals surface area contributed by atoms with Gasteiger partial charge >= 0.3 is 0 Å². The fourth-order valence-corrected chi connectivity index (χ4v) is 3.84. The molecule has 0 atom stereocenters. The molecular formula is C25H20FNO4. The van der Waals surface area contributed by atoms with E-state index in [1.54, 1.807) is 31.4 Å². The number of nitrogens with zero attached hydrogens (tertiary/aromatic N) is 1. The lowest BCUT2D eigenvalue weighted by Gasteiger charge is -2.29. The summed E-state index contributed by atoms with van der Waals surface area (Å²) in [6.45, 7) is 1.72. The number of rotatable bonds is 4. The summed E-state index contributed by atoms with van der Waals surface area (Å²) in [7, 11) is 1.64. The molecule has 0 saturated heterocycles. The maximum atomic E-state index is 13.5. The average Bonchev–Trinajstić information content (AvgIpc) is 3.10. The maximum Gasteiger partial charge on any atom is 0.231 e. The van der Waals surface area contributed by atoms with Crippen molar-refractivity contribution in [3.05, 3.63) is 94.5 Å². The Kier molecular flexibility index (Phi) is 4.92. The fourth-order valence-electron chi connectivity index (χ4n) is 3.84. The molecule has 0 aliphatic carbocycles. The highest BCUT2D eigenvalue weighted by atomic mass is 19.1. The third-order valence-electron chi connectivity index (χ3n) is 5.39. The van der Waals surface area contributed by atoms with E-state index in [1.165, 1.54) is 12.1 Å². The molecule has 0 saturated carbocycles. The summed E-state index contributed by atoms with van der Waals surface area (Å²) in [5, 5.41) is 0. The quantitative estimate of drug-likeness (QED) is 0.571. The van der Waals surface area contributed by atoms with Crippen molar-refractivity contribution in [1.82, 2.24) is 4.90 Å². The molecule has 3 aromatic carbocycles. The van der Waals surface area contributed by atoms with E-state index in [4.69, 9.17) is 14.2 Å². The summed E-state index contributed by atoms with van der Waals surface area (Å²) in [6.07, 6.45) is 1.57. The van der Waals surface area contributed by atoms with Gasteiger partial charge in [-0.15, -0.1) is 0 Å². The van der Waals surface area contributed by atoms with Crippen LogP contribution in [0.25, 0.3) is 6.08 Å². The van der Waals surface area contributed by atoms with Crippen LogP contribution in [0, 0.1) is 5.82 Å². The Hall–Kier alpha value is -3.64. The van der Waals surface area contributed by atoms with Gasteiger partial charge < -0.3 is 14.2 Å². The van der Waals surface area contributed by atoms with Crippen LogP contribution in [0.15, 0.2) is 66.4 Å². The highest BCUT2D eigenvalue weighted by molar-refractivity contribution is 6.15. The first-order valence-electron chi connectivity index (χ1n) is 9.94. The summed E-state index contributed by atoms with van der Waals surface area (Å²) < 4.78 is 30.6. The van der Waals surface area contributed by atoms with Gasteiger partial charge in [0, 0.05) is 13.1 Å². The van der Waals surface area contributed by atoms with Gasteiger partial charge in [0.1, 0.15) is 29.8 Å². The van der Waals surface area contributed by atoms with Gasteiger partial charge in [-0.1, -0.05) is 24.3 Å². The first kappa shape index (κ1) is 19.3. The van der Waals surface area contributed by atoms with Crippen LogP contribution in [0.3, 0.4) is 0 Å². The standard InChI is InChI=1S/C25H20FNO4/c1-29-19-7-5-16(6-8-19)13-27-14-21-22(30-15-27)10-9-20-24(28)23(31-25(20)21)12-17-3-2-4-18(26)11-17/h2-12H,13-15H2,1H3/b23-12-. The van der Waals surface area contributed by atoms with E-state index in [0.29, 0.717) is 42.4 Å². The van der Waals surface area contributed by atoms with E-state index < -0.39 is 0 Å². The van der Waals surface area contributed by atoms with Gasteiger partial charge in [0.2, 0.25) is 5.78 Å². The molecule has 2 aliphatic heterocycles. The summed E-state index contributed by atoms with van der Waals surface area (Å²) in [5.41, 5.74) is 3.04. The number of hydrogen-bond donors (Lipinski definition) is 0. The molecule has 5 nitrogen and oxygen atoms in total. The lowest BCUT2D eigenvalue weighted by molar-refractivity contribution is 0.0872. The molecule has 0 unspecified atom stereocenters. The third-order valence-corrected chi connectivity index (χ3v) is 5.39. The number of ketones is 1. The summed E-state index contributed by atoms with van der Waals surface area (Å²) in [5.74, 6) is 1.65. The van der Waals surface area contributed by atoms with Gasteiger partial charge in [-0.3, -0.25) is 9.69 Å². The zero-order valence-corrected chi connectivity index (χ0v) is 16.9. The molecule has 0 amide bonds. The van der Waals surface area contributed by atoms with E-state index in [2.05, 4.69) is 4.90 Å². The smallest absolute Gasteiger partial charge is 0.231 e. The monoisotopic (exact) mass is 417 g/mol. The minimum absolute atomic E-state index is 0.182. The second-order valence-corrected chi connectivity index (χ2v) is 7.52. The molecule has 3 aromatic rings. The van der Waals surface area contributed by atoms with E-state index in [-0.39, 0.29) is 17.4 Å². The molecule has 2 aliphatic rings. The minimum atomic E-state index is -0.364. The van der Waals surface area contributed by atoms with E-state index in [9.17, 15) is 9.18 Å². The Morgan fingerprint density at radius 1 is 1.13 bits per heavy atom. The van der Waals surface area contributed by atoms with Crippen LogP contribution in [0.2, 0.25) is 0 Å². The molecule has 2 heterocycles. The molecular weight excluding hydrogens is 397 g/mol. The number of ether oxygens (including phenoxy) is 3. The average molecular weight is 417 g/mol. The Labute approximate surface area is 179 Å². The van der Waals surface area contributed by atoms with Gasteiger partial charge in [0.15, 0.2) is 5.76 Å². The minimum Gasteiger partial charge on any atom is -0.497 e. The largest absolute Gasteiger partial charge is 0.497 e. The molecule has 0 spiro atoms. The number of halogens is 1. The van der Waals surface area contributed by atoms with Crippen LogP contribution in [0.5, 0.6) is 17.2 Å². The van der Waals surface area contributed by atoms with Crippen molar-refractivity contribution in [2.45, 2.75) is 13.1 Å². The molecule has 156 valence electrons. The number of benzene rings is 3. The first-order valence-corrected chi connectivity index (χ1v) is 9.94. The van der Waals surface area contributed by atoms with Gasteiger partial charge in [-0.25, -0.2) is 4.39 Å². The van der Waals surface area contributed by atoms with Gasteiger partial charge in [-0.05, 0) is 53.6 Å².